The molecule has 0 heterocycles. The minimum atomic E-state index is -0.431. The fourth-order valence-corrected chi connectivity index (χ4v) is 5.34. The molecule has 1 aliphatic rings. The lowest BCUT2D eigenvalue weighted by Gasteiger charge is -2.39. The molecule has 184 valence electrons. The van der Waals surface area contributed by atoms with Gasteiger partial charge in [-0.15, -0.1) is 0 Å². The van der Waals surface area contributed by atoms with E-state index in [-0.39, 0.29) is 17.2 Å². The Kier molecular flexibility index (Phi) is 9.67. The Hall–Kier alpha value is -3.38. The van der Waals surface area contributed by atoms with Crippen molar-refractivity contribution in [3.05, 3.63) is 117 Å². The van der Waals surface area contributed by atoms with E-state index in [2.05, 4.69) is 34.8 Å². The second-order valence-electron chi connectivity index (χ2n) is 8.83. The Bertz CT molecular complexity index is 1020. The summed E-state index contributed by atoms with van der Waals surface area (Å²) in [6, 6.07) is 27.7. The number of nitroso groups, excluding NO2 is 1. The summed E-state index contributed by atoms with van der Waals surface area (Å²) in [6.07, 6.45) is 3.86. The van der Waals surface area contributed by atoms with Gasteiger partial charge < -0.3 is 5.32 Å². The van der Waals surface area contributed by atoms with Crippen LogP contribution >= 0.6 is 0 Å². The largest absolute Gasteiger partial charge is 0.314 e. The van der Waals surface area contributed by atoms with E-state index >= 15 is 0 Å². The lowest BCUT2D eigenvalue weighted by molar-refractivity contribution is -0.384. The van der Waals surface area contributed by atoms with Gasteiger partial charge in [-0.05, 0) is 54.8 Å². The van der Waals surface area contributed by atoms with Gasteiger partial charge in [0.05, 0.1) is 11.5 Å². The zero-order valence-electron chi connectivity index (χ0n) is 20.6. The van der Waals surface area contributed by atoms with E-state index in [9.17, 15) is 15.0 Å². The number of non-ortho nitro benzene ring substituents is 1. The third-order valence-corrected chi connectivity index (χ3v) is 7.02. The fraction of sp³-hybridized carbons (Fsp3) is 0.379. The first-order valence-corrected chi connectivity index (χ1v) is 12.5. The van der Waals surface area contributed by atoms with Gasteiger partial charge in [-0.25, -0.2) is 0 Å². The van der Waals surface area contributed by atoms with Crippen LogP contribution in [0.4, 0.5) is 5.69 Å². The number of benzene rings is 3. The van der Waals surface area contributed by atoms with E-state index in [1.165, 1.54) is 0 Å². The molecule has 6 nitrogen and oxygen atoms in total. The summed E-state index contributed by atoms with van der Waals surface area (Å²) in [6.45, 7) is 5.03. The van der Waals surface area contributed by atoms with Crippen molar-refractivity contribution in [2.45, 2.75) is 51.0 Å². The Labute approximate surface area is 207 Å². The molecular weight excluding hydrogens is 438 g/mol. The quantitative estimate of drug-likeness (QED) is 0.202. The van der Waals surface area contributed by atoms with Gasteiger partial charge in [-0.2, -0.15) is 4.91 Å². The number of rotatable bonds is 10. The zero-order valence-corrected chi connectivity index (χ0v) is 20.6. The summed E-state index contributed by atoms with van der Waals surface area (Å²) >= 11 is 0. The topological polar surface area (TPSA) is 84.6 Å². The smallest absolute Gasteiger partial charge is 0.269 e. The first kappa shape index (κ1) is 26.2. The molecule has 1 aliphatic carbocycles. The number of hydrogen-bond acceptors (Lipinski definition) is 5. The summed E-state index contributed by atoms with van der Waals surface area (Å²) in [5.41, 5.74) is 3.06. The van der Waals surface area contributed by atoms with Crippen LogP contribution in [-0.4, -0.2) is 24.1 Å². The molecule has 1 fully saturated rings. The number of nitro benzene ring substituents is 1. The minimum Gasteiger partial charge on any atom is -0.314 e. The highest BCUT2D eigenvalue weighted by Crippen LogP contribution is 2.47. The SMILES string of the molecule is CC.O=NCC(c1ccccc1)(c1ccccc1)C1CCC(NCCc2ccc([N+](=O)[O-])cc2)C1. The van der Waals surface area contributed by atoms with Crippen LogP contribution in [0.1, 0.15) is 49.8 Å². The first-order chi connectivity index (χ1) is 17.1. The molecule has 3 aromatic rings. The molecule has 1 N–H and O–H groups in total. The lowest BCUT2D eigenvalue weighted by Crippen LogP contribution is -2.39. The molecule has 4 rings (SSSR count). The van der Waals surface area contributed by atoms with Gasteiger partial charge in [-0.3, -0.25) is 10.1 Å². The van der Waals surface area contributed by atoms with Gasteiger partial charge in [0.1, 0.15) is 0 Å². The van der Waals surface area contributed by atoms with Crippen molar-refractivity contribution in [2.75, 3.05) is 13.1 Å². The maximum absolute atomic E-state index is 11.7. The monoisotopic (exact) mass is 473 g/mol. The summed E-state index contributed by atoms with van der Waals surface area (Å²) < 4.78 is 0. The molecular formula is C29H35N3O3. The highest BCUT2D eigenvalue weighted by molar-refractivity contribution is 5.42. The molecule has 2 atom stereocenters. The third-order valence-electron chi connectivity index (χ3n) is 7.02. The first-order valence-electron chi connectivity index (χ1n) is 12.5. The summed E-state index contributed by atoms with van der Waals surface area (Å²) in [5, 5.41) is 17.9. The maximum atomic E-state index is 11.7. The molecule has 0 saturated heterocycles. The van der Waals surface area contributed by atoms with Crippen molar-refractivity contribution in [3.8, 4) is 0 Å². The summed E-state index contributed by atoms with van der Waals surface area (Å²) in [7, 11) is 0. The fourth-order valence-electron chi connectivity index (χ4n) is 5.34. The number of nitrogens with one attached hydrogen (secondary N) is 1. The van der Waals surface area contributed by atoms with Crippen LogP contribution in [0.3, 0.4) is 0 Å². The molecule has 0 aromatic heterocycles. The van der Waals surface area contributed by atoms with Crippen molar-refractivity contribution < 1.29 is 4.92 Å². The van der Waals surface area contributed by atoms with Crippen LogP contribution in [0.25, 0.3) is 0 Å². The van der Waals surface area contributed by atoms with Crippen LogP contribution < -0.4 is 5.32 Å². The van der Waals surface area contributed by atoms with Gasteiger partial charge in [0.15, 0.2) is 0 Å². The zero-order chi connectivity index (χ0) is 25.1. The number of nitro groups is 1. The van der Waals surface area contributed by atoms with Crippen LogP contribution in [0.2, 0.25) is 0 Å². The van der Waals surface area contributed by atoms with E-state index in [4.69, 9.17) is 0 Å². The summed E-state index contributed by atoms with van der Waals surface area (Å²) in [4.78, 5) is 22.1. The van der Waals surface area contributed by atoms with E-state index in [1.807, 2.05) is 62.4 Å². The van der Waals surface area contributed by atoms with E-state index in [1.54, 1.807) is 12.1 Å². The molecule has 0 bridgehead atoms. The van der Waals surface area contributed by atoms with Gasteiger partial charge >= 0.3 is 0 Å². The van der Waals surface area contributed by atoms with Gasteiger partial charge in [-0.1, -0.05) is 91.8 Å². The number of hydrogen-bond donors (Lipinski definition) is 1. The molecule has 0 radical (unpaired) electrons. The van der Waals surface area contributed by atoms with Crippen LogP contribution in [-0.2, 0) is 11.8 Å². The van der Waals surface area contributed by atoms with E-state index in [0.717, 1.165) is 48.9 Å². The van der Waals surface area contributed by atoms with Crippen molar-refractivity contribution in [1.82, 2.24) is 5.32 Å². The second kappa shape index (κ2) is 12.9. The number of nitrogens with zero attached hydrogens (tertiary/aromatic N) is 2. The van der Waals surface area contributed by atoms with Crippen molar-refractivity contribution in [3.63, 3.8) is 0 Å². The van der Waals surface area contributed by atoms with Crippen LogP contribution in [0.5, 0.6) is 0 Å². The second-order valence-corrected chi connectivity index (χ2v) is 8.83. The minimum absolute atomic E-state index is 0.118. The molecule has 0 aliphatic heterocycles. The molecule has 0 amide bonds. The van der Waals surface area contributed by atoms with Gasteiger partial charge in [0, 0.05) is 23.6 Å². The average molecular weight is 474 g/mol. The highest BCUT2D eigenvalue weighted by atomic mass is 16.6. The predicted octanol–water partition coefficient (Wildman–Crippen LogP) is 6.67. The van der Waals surface area contributed by atoms with Crippen molar-refractivity contribution in [1.29, 1.82) is 0 Å². The molecule has 3 aromatic carbocycles. The van der Waals surface area contributed by atoms with Gasteiger partial charge in [0.25, 0.3) is 5.69 Å². The Morgan fingerprint density at radius 3 is 2.00 bits per heavy atom. The highest BCUT2D eigenvalue weighted by Gasteiger charge is 2.45. The molecule has 2 unspecified atom stereocenters. The van der Waals surface area contributed by atoms with Crippen molar-refractivity contribution >= 4 is 5.69 Å². The van der Waals surface area contributed by atoms with Gasteiger partial charge in [0.2, 0.25) is 0 Å². The Morgan fingerprint density at radius 1 is 0.914 bits per heavy atom. The Balaban J connectivity index is 0.00000167. The lowest BCUT2D eigenvalue weighted by atomic mass is 9.65. The predicted molar refractivity (Wildman–Crippen MR) is 142 cm³/mol. The third kappa shape index (κ3) is 6.20. The van der Waals surface area contributed by atoms with Crippen molar-refractivity contribution in [2.24, 2.45) is 11.1 Å². The normalized spacial score (nSPS) is 17.3. The summed E-state index contributed by atoms with van der Waals surface area (Å²) in [5.74, 6) is 0.303. The molecule has 0 spiro atoms. The van der Waals surface area contributed by atoms with Crippen LogP contribution in [0, 0.1) is 20.9 Å². The molecule has 1 saturated carbocycles. The molecule has 6 heteroatoms. The van der Waals surface area contributed by atoms with E-state index in [0.29, 0.717) is 12.0 Å². The Morgan fingerprint density at radius 2 is 1.49 bits per heavy atom. The molecule has 35 heavy (non-hydrogen) atoms. The maximum Gasteiger partial charge on any atom is 0.269 e. The van der Waals surface area contributed by atoms with Crippen LogP contribution in [0.15, 0.2) is 90.1 Å². The average Bonchev–Trinajstić information content (AvgIpc) is 3.39. The standard InChI is InChI=1S/C27H29N3O3.C2H6/c31-29-20-27(22-7-3-1-4-8-22,23-9-5-2-6-10-23)24-13-14-25(19-24)28-18-17-21-11-15-26(16-12-21)30(32)33;1-2/h1-12,15-16,24-25,28H,13-14,17-20H2;1-2H3. The van der Waals surface area contributed by atoms with E-state index < -0.39 is 5.41 Å².